The summed E-state index contributed by atoms with van der Waals surface area (Å²) in [4.78, 5) is 10.9. The molecule has 4 heteroatoms. The van der Waals surface area contributed by atoms with Gasteiger partial charge < -0.3 is 15.5 Å². The van der Waals surface area contributed by atoms with Gasteiger partial charge in [-0.05, 0) is 23.3 Å². The van der Waals surface area contributed by atoms with E-state index in [2.05, 4.69) is 5.32 Å². The lowest BCUT2D eigenvalue weighted by molar-refractivity contribution is 0.0696. The van der Waals surface area contributed by atoms with Gasteiger partial charge in [0.25, 0.3) is 0 Å². The first kappa shape index (κ1) is 14.2. The molecule has 0 spiro atoms. The van der Waals surface area contributed by atoms with Crippen LogP contribution in [0.2, 0.25) is 0 Å². The number of hydrogen-bond donors (Lipinski definition) is 3. The molecule has 1 unspecified atom stereocenters. The third kappa shape index (κ3) is 3.91. The molecule has 0 heterocycles. The lowest BCUT2D eigenvalue weighted by atomic mass is 10.1. The van der Waals surface area contributed by atoms with E-state index in [4.69, 9.17) is 5.11 Å². The Balaban J connectivity index is 1.87. The first-order chi connectivity index (χ1) is 9.66. The molecule has 0 saturated carbocycles. The number of benzene rings is 2. The highest BCUT2D eigenvalue weighted by molar-refractivity contribution is 5.87. The number of aromatic carboxylic acids is 1. The van der Waals surface area contributed by atoms with E-state index in [1.165, 1.54) is 0 Å². The Labute approximate surface area is 117 Å². The topological polar surface area (TPSA) is 69.6 Å². The average molecular weight is 271 g/mol. The molecule has 0 bridgehead atoms. The van der Waals surface area contributed by atoms with Gasteiger partial charge in [-0.1, -0.05) is 42.5 Å². The molecular weight excluding hydrogens is 254 g/mol. The summed E-state index contributed by atoms with van der Waals surface area (Å²) < 4.78 is 0. The highest BCUT2D eigenvalue weighted by Gasteiger charge is 2.07. The van der Waals surface area contributed by atoms with E-state index in [1.54, 1.807) is 18.2 Å². The van der Waals surface area contributed by atoms with E-state index < -0.39 is 12.1 Å². The molecule has 4 nitrogen and oxygen atoms in total. The van der Waals surface area contributed by atoms with Gasteiger partial charge in [-0.15, -0.1) is 0 Å². The third-order valence-electron chi connectivity index (χ3n) is 3.03. The zero-order valence-electron chi connectivity index (χ0n) is 11.0. The quantitative estimate of drug-likeness (QED) is 0.753. The third-order valence-corrected chi connectivity index (χ3v) is 3.03. The van der Waals surface area contributed by atoms with Crippen molar-refractivity contribution in [2.45, 2.75) is 12.6 Å². The van der Waals surface area contributed by atoms with Crippen molar-refractivity contribution in [2.24, 2.45) is 0 Å². The molecule has 104 valence electrons. The summed E-state index contributed by atoms with van der Waals surface area (Å²) in [6.07, 6.45) is -0.571. The number of aliphatic hydroxyl groups is 1. The van der Waals surface area contributed by atoms with Crippen LogP contribution in [0.1, 0.15) is 27.6 Å². The first-order valence-corrected chi connectivity index (χ1v) is 6.43. The summed E-state index contributed by atoms with van der Waals surface area (Å²) in [5.74, 6) is -0.934. The van der Waals surface area contributed by atoms with E-state index >= 15 is 0 Å². The van der Waals surface area contributed by atoms with Crippen molar-refractivity contribution in [3.05, 3.63) is 71.3 Å². The van der Waals surface area contributed by atoms with Crippen molar-refractivity contribution in [1.29, 1.82) is 0 Å². The Kier molecular flexibility index (Phi) is 4.87. The van der Waals surface area contributed by atoms with Crippen LogP contribution < -0.4 is 5.32 Å². The zero-order valence-corrected chi connectivity index (χ0v) is 11.0. The molecule has 0 saturated heterocycles. The van der Waals surface area contributed by atoms with Crippen molar-refractivity contribution < 1.29 is 15.0 Å². The fourth-order valence-corrected chi connectivity index (χ4v) is 1.96. The fraction of sp³-hybridized carbons (Fsp3) is 0.188. The molecule has 2 aromatic carbocycles. The van der Waals surface area contributed by atoms with E-state index in [9.17, 15) is 9.90 Å². The van der Waals surface area contributed by atoms with E-state index in [0.717, 1.165) is 11.1 Å². The molecule has 0 fully saturated rings. The number of carboxylic acid groups (broad SMARTS) is 1. The number of rotatable bonds is 6. The van der Waals surface area contributed by atoms with E-state index in [-0.39, 0.29) is 5.56 Å². The van der Waals surface area contributed by atoms with Crippen LogP contribution in [0.5, 0.6) is 0 Å². The predicted molar refractivity (Wildman–Crippen MR) is 76.5 cm³/mol. The van der Waals surface area contributed by atoms with Gasteiger partial charge in [-0.2, -0.15) is 0 Å². The number of carbonyl (C=O) groups is 1. The van der Waals surface area contributed by atoms with Gasteiger partial charge >= 0.3 is 5.97 Å². The van der Waals surface area contributed by atoms with E-state index in [0.29, 0.717) is 13.1 Å². The summed E-state index contributed by atoms with van der Waals surface area (Å²) in [5, 5.41) is 22.0. The summed E-state index contributed by atoms with van der Waals surface area (Å²) in [6, 6.07) is 16.2. The lowest BCUT2D eigenvalue weighted by Gasteiger charge is -2.12. The SMILES string of the molecule is O=C(O)c1cccc(CNCC(O)c2ccccc2)c1. The first-order valence-electron chi connectivity index (χ1n) is 6.43. The maximum absolute atomic E-state index is 10.9. The van der Waals surface area contributed by atoms with E-state index in [1.807, 2.05) is 36.4 Å². The summed E-state index contributed by atoms with van der Waals surface area (Å²) in [6.45, 7) is 0.937. The molecule has 0 aromatic heterocycles. The van der Waals surface area contributed by atoms with Crippen LogP contribution in [0.15, 0.2) is 54.6 Å². The van der Waals surface area contributed by atoms with Crippen LogP contribution in [0.25, 0.3) is 0 Å². The van der Waals surface area contributed by atoms with Crippen LogP contribution in [-0.4, -0.2) is 22.7 Å². The van der Waals surface area contributed by atoms with Crippen molar-refractivity contribution in [3.63, 3.8) is 0 Å². The molecule has 2 rings (SSSR count). The second kappa shape index (κ2) is 6.84. The Morgan fingerprint density at radius 1 is 1.10 bits per heavy atom. The van der Waals surface area contributed by atoms with Gasteiger partial charge in [0.15, 0.2) is 0 Å². The van der Waals surface area contributed by atoms with Crippen molar-refractivity contribution in [3.8, 4) is 0 Å². The fourth-order valence-electron chi connectivity index (χ4n) is 1.96. The Morgan fingerprint density at radius 2 is 1.85 bits per heavy atom. The molecule has 0 aliphatic carbocycles. The minimum atomic E-state index is -0.934. The normalized spacial score (nSPS) is 12.1. The standard InChI is InChI=1S/C16H17NO3/c18-15(13-6-2-1-3-7-13)11-17-10-12-5-4-8-14(9-12)16(19)20/h1-9,15,17-18H,10-11H2,(H,19,20). The van der Waals surface area contributed by atoms with Crippen LogP contribution in [0, 0.1) is 0 Å². The summed E-state index contributed by atoms with van der Waals surface area (Å²) in [5.41, 5.74) is 2.01. The number of carboxylic acids is 1. The van der Waals surface area contributed by atoms with Crippen LogP contribution in [-0.2, 0) is 6.54 Å². The summed E-state index contributed by atoms with van der Waals surface area (Å²) >= 11 is 0. The molecule has 0 aliphatic heterocycles. The second-order valence-electron chi connectivity index (χ2n) is 4.56. The van der Waals surface area contributed by atoms with Crippen LogP contribution in [0.4, 0.5) is 0 Å². The smallest absolute Gasteiger partial charge is 0.335 e. The second-order valence-corrected chi connectivity index (χ2v) is 4.56. The highest BCUT2D eigenvalue weighted by Crippen LogP contribution is 2.11. The van der Waals surface area contributed by atoms with Crippen molar-refractivity contribution in [1.82, 2.24) is 5.32 Å². The molecule has 0 aliphatic rings. The average Bonchev–Trinajstić information content (AvgIpc) is 2.48. The summed E-state index contributed by atoms with van der Waals surface area (Å²) in [7, 11) is 0. The largest absolute Gasteiger partial charge is 0.478 e. The van der Waals surface area contributed by atoms with Crippen LogP contribution >= 0.6 is 0 Å². The van der Waals surface area contributed by atoms with Gasteiger partial charge in [0.2, 0.25) is 0 Å². The predicted octanol–water partition coefficient (Wildman–Crippen LogP) is 2.21. The van der Waals surface area contributed by atoms with Gasteiger partial charge in [-0.3, -0.25) is 0 Å². The molecule has 3 N–H and O–H groups in total. The molecule has 1 atom stereocenters. The molecule has 0 amide bonds. The van der Waals surface area contributed by atoms with Crippen molar-refractivity contribution in [2.75, 3.05) is 6.54 Å². The molecule has 0 radical (unpaired) electrons. The van der Waals surface area contributed by atoms with Gasteiger partial charge in [-0.25, -0.2) is 4.79 Å². The number of hydrogen-bond acceptors (Lipinski definition) is 3. The van der Waals surface area contributed by atoms with Gasteiger partial charge in [0.05, 0.1) is 11.7 Å². The Morgan fingerprint density at radius 3 is 2.55 bits per heavy atom. The van der Waals surface area contributed by atoms with Crippen molar-refractivity contribution >= 4 is 5.97 Å². The Bertz CT molecular complexity index is 569. The number of aliphatic hydroxyl groups excluding tert-OH is 1. The minimum absolute atomic E-state index is 0.271. The number of nitrogens with one attached hydrogen (secondary N) is 1. The highest BCUT2D eigenvalue weighted by atomic mass is 16.4. The lowest BCUT2D eigenvalue weighted by Crippen LogP contribution is -2.21. The van der Waals surface area contributed by atoms with Crippen LogP contribution in [0.3, 0.4) is 0 Å². The maximum Gasteiger partial charge on any atom is 0.335 e. The van der Waals surface area contributed by atoms with Gasteiger partial charge in [0, 0.05) is 13.1 Å². The van der Waals surface area contributed by atoms with Gasteiger partial charge in [0.1, 0.15) is 0 Å². The monoisotopic (exact) mass is 271 g/mol. The molecule has 20 heavy (non-hydrogen) atoms. The Hall–Kier alpha value is -2.17. The zero-order chi connectivity index (χ0) is 14.4. The molecular formula is C16H17NO3. The molecule has 2 aromatic rings. The maximum atomic E-state index is 10.9. The minimum Gasteiger partial charge on any atom is -0.478 e.